The van der Waals surface area contributed by atoms with Crippen molar-refractivity contribution in [2.45, 2.75) is 26.3 Å². The van der Waals surface area contributed by atoms with E-state index >= 15 is 0 Å². The average Bonchev–Trinajstić information content (AvgIpc) is 2.88. The summed E-state index contributed by atoms with van der Waals surface area (Å²) in [6.07, 6.45) is 2.03. The molecule has 6 nitrogen and oxygen atoms in total. The van der Waals surface area contributed by atoms with Gasteiger partial charge in [-0.1, -0.05) is 36.4 Å². The Bertz CT molecular complexity index is 1680. The van der Waals surface area contributed by atoms with E-state index in [4.69, 9.17) is 16.3 Å². The number of alkyl halides is 3. The second-order valence-electron chi connectivity index (χ2n) is 9.20. The molecule has 0 atom stereocenters. The van der Waals surface area contributed by atoms with Gasteiger partial charge >= 0.3 is 6.18 Å². The Labute approximate surface area is 232 Å². The smallest absolute Gasteiger partial charge is 0.417 e. The number of para-hydroxylation sites is 1. The molecule has 0 unspecified atom stereocenters. The molecule has 0 spiro atoms. The molecule has 0 amide bonds. The van der Waals surface area contributed by atoms with Gasteiger partial charge in [-0.25, -0.2) is 9.37 Å². The zero-order chi connectivity index (χ0) is 29.2. The topological polar surface area (TPSA) is 60.3 Å². The van der Waals surface area contributed by atoms with Crippen molar-refractivity contribution in [3.63, 3.8) is 0 Å². The van der Waals surface area contributed by atoms with Gasteiger partial charge in [0.2, 0.25) is 0 Å². The van der Waals surface area contributed by atoms with Gasteiger partial charge in [-0.15, -0.1) is 0 Å². The van der Waals surface area contributed by atoms with Gasteiger partial charge in [-0.2, -0.15) is 13.2 Å². The van der Waals surface area contributed by atoms with E-state index in [0.29, 0.717) is 33.2 Å². The highest BCUT2D eigenvalue weighted by Crippen LogP contribution is 2.33. The summed E-state index contributed by atoms with van der Waals surface area (Å²) < 4.78 is 60.6. The zero-order valence-electron chi connectivity index (χ0n) is 21.9. The highest BCUT2D eigenvalue weighted by molar-refractivity contribution is 6.31. The first kappa shape index (κ1) is 28.8. The molecule has 0 bridgehead atoms. The molecule has 0 radical (unpaired) electrons. The maximum atomic E-state index is 14.1. The molecule has 3 heterocycles. The third-order valence-corrected chi connectivity index (χ3v) is 6.47. The predicted octanol–water partition coefficient (Wildman–Crippen LogP) is 6.63. The van der Waals surface area contributed by atoms with Crippen molar-refractivity contribution in [3.8, 4) is 5.75 Å². The summed E-state index contributed by atoms with van der Waals surface area (Å²) in [6.45, 7) is 5.16. The maximum absolute atomic E-state index is 14.1. The first-order valence-electron chi connectivity index (χ1n) is 12.0. The van der Waals surface area contributed by atoms with Crippen LogP contribution in [0.15, 0.2) is 72.4 Å². The Kier molecular flexibility index (Phi) is 8.29. The van der Waals surface area contributed by atoms with Gasteiger partial charge in [0.05, 0.1) is 17.1 Å². The van der Waals surface area contributed by atoms with E-state index in [0.717, 1.165) is 22.3 Å². The van der Waals surface area contributed by atoms with Crippen molar-refractivity contribution >= 4 is 28.2 Å². The summed E-state index contributed by atoms with van der Waals surface area (Å²) in [5.41, 5.74) is 1.38. The lowest BCUT2D eigenvalue weighted by Gasteiger charge is -2.20. The zero-order valence-corrected chi connectivity index (χ0v) is 22.6. The number of halogens is 5. The van der Waals surface area contributed by atoms with Gasteiger partial charge in [0.1, 0.15) is 17.9 Å². The molecule has 0 saturated carbocycles. The highest BCUT2D eigenvalue weighted by Gasteiger charge is 2.32. The third kappa shape index (κ3) is 6.02. The quantitative estimate of drug-likeness (QED) is 0.175. The molecule has 0 fully saturated rings. The lowest BCUT2D eigenvalue weighted by molar-refractivity contribution is -0.138. The van der Waals surface area contributed by atoms with Crippen LogP contribution >= 0.6 is 11.6 Å². The third-order valence-electron chi connectivity index (χ3n) is 6.14. The number of benzene rings is 1. The highest BCUT2D eigenvalue weighted by atomic mass is 35.5. The molecule has 3 aromatic heterocycles. The molecule has 4 rings (SSSR count). The largest absolute Gasteiger partial charge is 0.487 e. The van der Waals surface area contributed by atoms with E-state index in [2.05, 4.69) is 16.5 Å². The fourth-order valence-electron chi connectivity index (χ4n) is 4.27. The summed E-state index contributed by atoms with van der Waals surface area (Å²) >= 11 is 6.39. The van der Waals surface area contributed by atoms with Crippen LogP contribution in [0.4, 0.5) is 17.6 Å². The molecular formula is C29H25ClF4N4O2. The van der Waals surface area contributed by atoms with E-state index in [1.165, 1.54) is 12.4 Å². The molecule has 0 aliphatic carbocycles. The van der Waals surface area contributed by atoms with Crippen molar-refractivity contribution in [1.29, 1.82) is 0 Å². The van der Waals surface area contributed by atoms with Crippen LogP contribution in [-0.2, 0) is 19.3 Å². The molecule has 0 aliphatic heterocycles. The summed E-state index contributed by atoms with van der Waals surface area (Å²) in [5, 5.41) is 1.00. The Morgan fingerprint density at radius 3 is 2.65 bits per heavy atom. The monoisotopic (exact) mass is 572 g/mol. The Morgan fingerprint density at radius 2 is 1.98 bits per heavy atom. The van der Waals surface area contributed by atoms with Crippen molar-refractivity contribution in [2.24, 2.45) is 0 Å². The number of pyridine rings is 3. The van der Waals surface area contributed by atoms with Crippen LogP contribution in [0.25, 0.3) is 16.6 Å². The number of allylic oxidation sites excluding steroid dienone is 2. The maximum Gasteiger partial charge on any atom is 0.417 e. The van der Waals surface area contributed by atoms with Crippen LogP contribution in [-0.4, -0.2) is 33.5 Å². The Hall–Kier alpha value is -4.18. The second-order valence-corrected chi connectivity index (χ2v) is 9.61. The van der Waals surface area contributed by atoms with Gasteiger partial charge < -0.3 is 14.2 Å². The van der Waals surface area contributed by atoms with Gasteiger partial charge in [0.25, 0.3) is 5.56 Å². The van der Waals surface area contributed by atoms with Crippen molar-refractivity contribution in [1.82, 2.24) is 19.4 Å². The number of aromatic nitrogens is 3. The number of hydrogen-bond donors (Lipinski definition) is 0. The minimum atomic E-state index is -4.83. The van der Waals surface area contributed by atoms with Gasteiger partial charge in [-0.3, -0.25) is 9.78 Å². The normalized spacial score (nSPS) is 12.1. The van der Waals surface area contributed by atoms with Gasteiger partial charge in [0, 0.05) is 60.6 Å². The van der Waals surface area contributed by atoms with E-state index in [1.807, 2.05) is 50.2 Å². The van der Waals surface area contributed by atoms with Crippen molar-refractivity contribution in [2.75, 3.05) is 14.1 Å². The number of aryl methyl sites for hydroxylation is 1. The minimum absolute atomic E-state index is 0.111. The van der Waals surface area contributed by atoms with Crippen molar-refractivity contribution in [3.05, 3.63) is 117 Å². The van der Waals surface area contributed by atoms with E-state index in [1.54, 1.807) is 12.1 Å². The number of rotatable bonds is 8. The average molecular weight is 573 g/mol. The molecule has 0 saturated heterocycles. The molecule has 0 aliphatic rings. The first-order chi connectivity index (χ1) is 18.9. The number of nitrogens with zero attached hydrogens (tertiary/aromatic N) is 4. The lowest BCUT2D eigenvalue weighted by atomic mass is 10.0. The summed E-state index contributed by atoms with van der Waals surface area (Å²) in [4.78, 5) is 22.9. The summed E-state index contributed by atoms with van der Waals surface area (Å²) in [6, 6.07) is 7.62. The van der Waals surface area contributed by atoms with Crippen LogP contribution in [0, 0.1) is 12.7 Å². The van der Waals surface area contributed by atoms with Crippen molar-refractivity contribution < 1.29 is 22.3 Å². The number of ether oxygens (including phenoxy) is 1. The van der Waals surface area contributed by atoms with E-state index in [9.17, 15) is 22.4 Å². The Morgan fingerprint density at radius 1 is 1.23 bits per heavy atom. The number of fused-ring (bicyclic) bond motifs is 1. The van der Waals surface area contributed by atoms with E-state index < -0.39 is 29.7 Å². The first-order valence-corrected chi connectivity index (χ1v) is 12.4. The second kappa shape index (κ2) is 11.5. The number of hydrogen-bond acceptors (Lipinski definition) is 5. The van der Waals surface area contributed by atoms with Crippen LogP contribution < -0.4 is 10.3 Å². The van der Waals surface area contributed by atoms with Crippen LogP contribution in [0.5, 0.6) is 5.75 Å². The van der Waals surface area contributed by atoms with Gasteiger partial charge in [0.15, 0.2) is 5.82 Å². The fraction of sp³-hybridized carbons (Fsp3) is 0.207. The lowest BCUT2D eigenvalue weighted by Crippen LogP contribution is -2.26. The summed E-state index contributed by atoms with van der Waals surface area (Å²) in [5.74, 6) is -1.07. The fourth-order valence-corrected chi connectivity index (χ4v) is 4.51. The van der Waals surface area contributed by atoms with Gasteiger partial charge in [-0.05, 0) is 36.8 Å². The molecule has 1 aromatic carbocycles. The molecular weight excluding hydrogens is 548 g/mol. The SMILES string of the molecule is C=C/C=C(/c1cc(C)nc2c(OCc3c(Cl)cncc3Cn3cc(C(F)(F)F)cc(F)c3=O)cccc12)N(C)C. The Balaban J connectivity index is 1.73. The van der Waals surface area contributed by atoms with Crippen LogP contribution in [0.2, 0.25) is 5.02 Å². The summed E-state index contributed by atoms with van der Waals surface area (Å²) in [7, 11) is 3.84. The molecule has 208 valence electrons. The molecule has 11 heteroatoms. The molecule has 0 N–H and O–H groups in total. The van der Waals surface area contributed by atoms with Crippen LogP contribution in [0.3, 0.4) is 0 Å². The van der Waals surface area contributed by atoms with Crippen LogP contribution in [0.1, 0.15) is 27.9 Å². The predicted molar refractivity (Wildman–Crippen MR) is 147 cm³/mol. The molecule has 40 heavy (non-hydrogen) atoms. The minimum Gasteiger partial charge on any atom is -0.487 e. The molecule has 4 aromatic rings. The van der Waals surface area contributed by atoms with E-state index in [-0.39, 0.29) is 17.7 Å². The standard InChI is InChI=1S/C29H25ClF4N4O2/c1-5-7-25(37(3)4)21-10-17(2)36-27-20(21)8-6-9-26(27)40-16-22-18(12-35-13-23(22)30)14-38-15-19(29(32,33)34)11-24(31)28(38)39/h5-13,15H,1,14,16H2,2-4H3/b25-7-.